The van der Waals surface area contributed by atoms with Crippen molar-refractivity contribution in [3.8, 4) is 0 Å². The molecular formula is C14H24INO2. The van der Waals surface area contributed by atoms with Crippen molar-refractivity contribution in [3.05, 3.63) is 0 Å². The molecule has 1 saturated heterocycles. The molecule has 3 nitrogen and oxygen atoms in total. The Kier molecular flexibility index (Phi) is 3.74. The minimum Gasteiger partial charge on any atom is -0.457 e. The molecule has 1 aliphatic heterocycles. The fourth-order valence-corrected chi connectivity index (χ4v) is 3.36. The lowest BCUT2D eigenvalue weighted by Crippen LogP contribution is -2.49. The summed E-state index contributed by atoms with van der Waals surface area (Å²) in [5, 5.41) is 3.22. The van der Waals surface area contributed by atoms with E-state index in [9.17, 15) is 4.79 Å². The lowest BCUT2D eigenvalue weighted by Gasteiger charge is -2.42. The zero-order valence-corrected chi connectivity index (χ0v) is 14.0. The first-order chi connectivity index (χ1) is 8.19. The minimum absolute atomic E-state index is 0.0167. The number of alkyl halides is 1. The third-order valence-electron chi connectivity index (χ3n) is 4.53. The number of hydrogen-bond acceptors (Lipinski definition) is 3. The Morgan fingerprint density at radius 3 is 2.17 bits per heavy atom. The molecule has 2 atom stereocenters. The summed E-state index contributed by atoms with van der Waals surface area (Å²) in [5.74, 6) is -0.0464. The largest absolute Gasteiger partial charge is 0.457 e. The van der Waals surface area contributed by atoms with Crippen LogP contribution in [0.15, 0.2) is 0 Å². The molecule has 104 valence electrons. The summed E-state index contributed by atoms with van der Waals surface area (Å²) in [7, 11) is 0. The van der Waals surface area contributed by atoms with Crippen molar-refractivity contribution < 1.29 is 9.53 Å². The Hall–Kier alpha value is 0.160. The molecule has 4 heteroatoms. The standard InChI is InChI=1S/C14H24INO2/c1-12(2,3)14(7-5-6-8-14)18-11(17)13(4,15)10-9-16-10/h10,16H,5-9H2,1-4H3. The summed E-state index contributed by atoms with van der Waals surface area (Å²) in [5.41, 5.74) is -0.242. The molecule has 1 N–H and O–H groups in total. The molecule has 0 radical (unpaired) electrons. The molecule has 1 aliphatic carbocycles. The normalized spacial score (nSPS) is 29.7. The summed E-state index contributed by atoms with van der Waals surface area (Å²) >= 11 is 2.24. The van der Waals surface area contributed by atoms with Crippen LogP contribution in [0.1, 0.15) is 53.4 Å². The van der Waals surface area contributed by atoms with Gasteiger partial charge in [-0.15, -0.1) is 0 Å². The number of halogens is 1. The van der Waals surface area contributed by atoms with Gasteiger partial charge in [-0.05, 0) is 32.6 Å². The van der Waals surface area contributed by atoms with Gasteiger partial charge >= 0.3 is 5.97 Å². The quantitative estimate of drug-likeness (QED) is 0.362. The van der Waals surface area contributed by atoms with Crippen LogP contribution in [-0.2, 0) is 9.53 Å². The lowest BCUT2D eigenvalue weighted by atomic mass is 9.75. The SMILES string of the molecule is CC(I)(C(=O)OC1(C(C)(C)C)CCCC1)C1CN1. The highest BCUT2D eigenvalue weighted by Crippen LogP contribution is 2.47. The van der Waals surface area contributed by atoms with E-state index < -0.39 is 3.42 Å². The molecule has 0 aromatic carbocycles. The molecule has 2 fully saturated rings. The van der Waals surface area contributed by atoms with Crippen LogP contribution < -0.4 is 5.32 Å². The van der Waals surface area contributed by atoms with E-state index in [0.29, 0.717) is 0 Å². The van der Waals surface area contributed by atoms with E-state index in [1.807, 2.05) is 6.92 Å². The van der Waals surface area contributed by atoms with Crippen molar-refractivity contribution in [1.82, 2.24) is 5.32 Å². The predicted molar refractivity (Wildman–Crippen MR) is 81.0 cm³/mol. The summed E-state index contributed by atoms with van der Waals surface area (Å²) in [4.78, 5) is 12.5. The van der Waals surface area contributed by atoms with E-state index in [1.165, 1.54) is 12.8 Å². The van der Waals surface area contributed by atoms with Gasteiger partial charge in [0.25, 0.3) is 0 Å². The maximum absolute atomic E-state index is 12.5. The second kappa shape index (κ2) is 4.62. The molecule has 18 heavy (non-hydrogen) atoms. The van der Waals surface area contributed by atoms with Crippen LogP contribution in [0.2, 0.25) is 0 Å². The number of rotatable bonds is 3. The molecule has 0 aromatic heterocycles. The monoisotopic (exact) mass is 365 g/mol. The Labute approximate surface area is 124 Å². The average Bonchev–Trinajstić information content (AvgIpc) is 2.99. The van der Waals surface area contributed by atoms with Gasteiger partial charge in [-0.3, -0.25) is 4.79 Å². The summed E-state index contributed by atoms with van der Waals surface area (Å²) < 4.78 is 5.61. The first-order valence-electron chi connectivity index (χ1n) is 6.85. The van der Waals surface area contributed by atoms with Crippen LogP contribution in [0.25, 0.3) is 0 Å². The number of carbonyl (C=O) groups excluding carboxylic acids is 1. The number of hydrogen-bond donors (Lipinski definition) is 1. The summed E-state index contributed by atoms with van der Waals surface area (Å²) in [6, 6.07) is 0.282. The van der Waals surface area contributed by atoms with Crippen LogP contribution in [0, 0.1) is 5.41 Å². The van der Waals surface area contributed by atoms with Crippen molar-refractivity contribution in [2.75, 3.05) is 6.54 Å². The van der Waals surface area contributed by atoms with Gasteiger partial charge in [0.15, 0.2) is 0 Å². The zero-order valence-electron chi connectivity index (χ0n) is 11.8. The second-order valence-electron chi connectivity index (χ2n) is 6.88. The Bertz CT molecular complexity index is 336. The molecule has 1 heterocycles. The molecule has 2 unspecified atom stereocenters. The number of ether oxygens (including phenoxy) is 1. The van der Waals surface area contributed by atoms with Gasteiger partial charge in [-0.2, -0.15) is 0 Å². The van der Waals surface area contributed by atoms with Gasteiger partial charge in [0.1, 0.15) is 9.02 Å². The van der Waals surface area contributed by atoms with Crippen molar-refractivity contribution >= 4 is 28.6 Å². The van der Waals surface area contributed by atoms with Gasteiger partial charge in [-0.1, -0.05) is 43.4 Å². The number of nitrogens with one attached hydrogen (secondary N) is 1. The van der Waals surface area contributed by atoms with Crippen molar-refractivity contribution in [2.24, 2.45) is 5.41 Å². The van der Waals surface area contributed by atoms with Crippen LogP contribution in [0.3, 0.4) is 0 Å². The highest BCUT2D eigenvalue weighted by Gasteiger charge is 2.53. The van der Waals surface area contributed by atoms with Gasteiger partial charge in [0.05, 0.1) is 0 Å². The second-order valence-corrected chi connectivity index (χ2v) is 9.12. The number of carbonyl (C=O) groups is 1. The molecule has 2 rings (SSSR count). The van der Waals surface area contributed by atoms with Crippen molar-refractivity contribution in [2.45, 2.75) is 68.4 Å². The van der Waals surface area contributed by atoms with E-state index in [-0.39, 0.29) is 23.0 Å². The number of esters is 1. The van der Waals surface area contributed by atoms with Crippen LogP contribution in [0.4, 0.5) is 0 Å². The Morgan fingerprint density at radius 2 is 1.78 bits per heavy atom. The minimum atomic E-state index is -0.432. The van der Waals surface area contributed by atoms with Gasteiger partial charge in [-0.25, -0.2) is 0 Å². The Balaban J connectivity index is 2.12. The fourth-order valence-electron chi connectivity index (χ4n) is 2.81. The topological polar surface area (TPSA) is 48.2 Å². The molecule has 0 amide bonds. The highest BCUT2D eigenvalue weighted by atomic mass is 127. The molecule has 2 aliphatic rings. The Morgan fingerprint density at radius 1 is 1.28 bits per heavy atom. The molecule has 1 saturated carbocycles. The molecule has 0 aromatic rings. The molecular weight excluding hydrogens is 341 g/mol. The van der Waals surface area contributed by atoms with Gasteiger partial charge in [0, 0.05) is 18.0 Å². The lowest BCUT2D eigenvalue weighted by molar-refractivity contribution is -0.174. The first-order valence-corrected chi connectivity index (χ1v) is 7.93. The van der Waals surface area contributed by atoms with Gasteiger partial charge in [0.2, 0.25) is 0 Å². The summed E-state index contributed by atoms with van der Waals surface area (Å²) in [6.45, 7) is 9.46. The van der Waals surface area contributed by atoms with E-state index in [0.717, 1.165) is 19.4 Å². The maximum atomic E-state index is 12.5. The third kappa shape index (κ3) is 2.55. The van der Waals surface area contributed by atoms with Crippen molar-refractivity contribution in [1.29, 1.82) is 0 Å². The van der Waals surface area contributed by atoms with Crippen LogP contribution in [-0.4, -0.2) is 27.6 Å². The van der Waals surface area contributed by atoms with E-state index in [1.54, 1.807) is 0 Å². The van der Waals surface area contributed by atoms with Crippen LogP contribution >= 0.6 is 22.6 Å². The smallest absolute Gasteiger partial charge is 0.323 e. The highest BCUT2D eigenvalue weighted by molar-refractivity contribution is 14.1. The molecule has 0 bridgehead atoms. The van der Waals surface area contributed by atoms with E-state index in [2.05, 4.69) is 48.7 Å². The fraction of sp³-hybridized carbons (Fsp3) is 0.929. The maximum Gasteiger partial charge on any atom is 0.323 e. The molecule has 0 spiro atoms. The summed E-state index contributed by atoms with van der Waals surface area (Å²) in [6.07, 6.45) is 4.36. The third-order valence-corrected chi connectivity index (χ3v) is 5.72. The average molecular weight is 365 g/mol. The predicted octanol–water partition coefficient (Wildman–Crippen LogP) is 3.05. The van der Waals surface area contributed by atoms with Crippen molar-refractivity contribution in [3.63, 3.8) is 0 Å². The zero-order chi connectivity index (χ0) is 13.6. The van der Waals surface area contributed by atoms with Gasteiger partial charge < -0.3 is 10.1 Å². The van der Waals surface area contributed by atoms with E-state index in [4.69, 9.17) is 4.74 Å². The van der Waals surface area contributed by atoms with Crippen LogP contribution in [0.5, 0.6) is 0 Å². The first kappa shape index (κ1) is 14.6. The van der Waals surface area contributed by atoms with E-state index >= 15 is 0 Å².